The lowest BCUT2D eigenvalue weighted by atomic mass is 10.0. The second-order valence-corrected chi connectivity index (χ2v) is 5.37. The molecule has 20 heavy (non-hydrogen) atoms. The number of para-hydroxylation sites is 1. The van der Waals surface area contributed by atoms with E-state index in [1.807, 2.05) is 12.1 Å². The normalized spacial score (nSPS) is 11.2. The SMILES string of the molecule is Sc1c(-c2ccccc2)ccc2[nH]c3ccccc3c12. The van der Waals surface area contributed by atoms with Crippen LogP contribution in [0.5, 0.6) is 0 Å². The first-order chi connectivity index (χ1) is 9.84. The molecule has 4 aromatic rings. The van der Waals surface area contributed by atoms with Gasteiger partial charge in [-0.15, -0.1) is 12.6 Å². The lowest BCUT2D eigenvalue weighted by Crippen LogP contribution is -1.81. The van der Waals surface area contributed by atoms with E-state index in [-0.39, 0.29) is 0 Å². The fourth-order valence-corrected chi connectivity index (χ4v) is 3.22. The van der Waals surface area contributed by atoms with Crippen LogP contribution < -0.4 is 0 Å². The highest BCUT2D eigenvalue weighted by Crippen LogP contribution is 2.36. The molecule has 2 heteroatoms. The highest BCUT2D eigenvalue weighted by Gasteiger charge is 2.11. The zero-order valence-electron chi connectivity index (χ0n) is 10.8. The number of nitrogens with one attached hydrogen (secondary N) is 1. The molecule has 0 aliphatic rings. The standard InChI is InChI=1S/C18H13NS/c20-18-13(12-6-2-1-3-7-12)10-11-16-17(18)14-8-4-5-9-15(14)19-16/h1-11,19-20H. The first-order valence-electron chi connectivity index (χ1n) is 6.62. The average Bonchev–Trinajstić information content (AvgIpc) is 2.88. The van der Waals surface area contributed by atoms with Crippen molar-refractivity contribution in [2.45, 2.75) is 4.90 Å². The van der Waals surface area contributed by atoms with Gasteiger partial charge in [0.1, 0.15) is 0 Å². The Kier molecular flexibility index (Phi) is 2.57. The van der Waals surface area contributed by atoms with E-state index in [1.54, 1.807) is 0 Å². The van der Waals surface area contributed by atoms with Gasteiger partial charge in [-0.05, 0) is 23.3 Å². The summed E-state index contributed by atoms with van der Waals surface area (Å²) in [4.78, 5) is 4.48. The molecule has 0 amide bonds. The summed E-state index contributed by atoms with van der Waals surface area (Å²) in [7, 11) is 0. The fraction of sp³-hybridized carbons (Fsp3) is 0. The molecule has 1 heterocycles. The van der Waals surface area contributed by atoms with Crippen LogP contribution in [-0.4, -0.2) is 4.98 Å². The maximum atomic E-state index is 4.80. The van der Waals surface area contributed by atoms with Crippen LogP contribution in [0.1, 0.15) is 0 Å². The Bertz CT molecular complexity index is 907. The van der Waals surface area contributed by atoms with Crippen LogP contribution in [0.2, 0.25) is 0 Å². The van der Waals surface area contributed by atoms with Crippen molar-refractivity contribution in [1.82, 2.24) is 4.98 Å². The minimum absolute atomic E-state index is 1.03. The van der Waals surface area contributed by atoms with Gasteiger partial charge in [0.15, 0.2) is 0 Å². The second kappa shape index (κ2) is 4.43. The van der Waals surface area contributed by atoms with Crippen LogP contribution in [0.4, 0.5) is 0 Å². The molecule has 0 atom stereocenters. The molecule has 0 saturated carbocycles. The number of aromatic nitrogens is 1. The molecule has 4 rings (SSSR count). The number of hydrogen-bond donors (Lipinski definition) is 2. The molecule has 1 N–H and O–H groups in total. The van der Waals surface area contributed by atoms with Gasteiger partial charge < -0.3 is 4.98 Å². The molecule has 0 bridgehead atoms. The molecule has 0 saturated heterocycles. The maximum Gasteiger partial charge on any atom is 0.0476 e. The number of hydrogen-bond acceptors (Lipinski definition) is 1. The van der Waals surface area contributed by atoms with Gasteiger partial charge in [0.25, 0.3) is 0 Å². The fourth-order valence-electron chi connectivity index (χ4n) is 2.77. The summed E-state index contributed by atoms with van der Waals surface area (Å²) in [5.41, 5.74) is 4.66. The summed E-state index contributed by atoms with van der Waals surface area (Å²) in [6.45, 7) is 0. The number of fused-ring (bicyclic) bond motifs is 3. The topological polar surface area (TPSA) is 15.8 Å². The third-order valence-corrected chi connectivity index (χ3v) is 4.19. The van der Waals surface area contributed by atoms with E-state index in [9.17, 15) is 0 Å². The Balaban J connectivity index is 2.10. The molecule has 0 aliphatic carbocycles. The summed E-state index contributed by atoms with van der Waals surface area (Å²) < 4.78 is 0. The predicted octanol–water partition coefficient (Wildman–Crippen LogP) is 5.28. The van der Waals surface area contributed by atoms with Gasteiger partial charge in [0, 0.05) is 26.7 Å². The number of benzene rings is 3. The van der Waals surface area contributed by atoms with Crippen molar-refractivity contribution >= 4 is 34.4 Å². The van der Waals surface area contributed by atoms with Crippen molar-refractivity contribution in [3.8, 4) is 11.1 Å². The van der Waals surface area contributed by atoms with E-state index in [2.05, 4.69) is 59.6 Å². The van der Waals surface area contributed by atoms with Gasteiger partial charge in [-0.2, -0.15) is 0 Å². The lowest BCUT2D eigenvalue weighted by molar-refractivity contribution is 1.50. The van der Waals surface area contributed by atoms with Gasteiger partial charge in [-0.3, -0.25) is 0 Å². The van der Waals surface area contributed by atoms with Crippen LogP contribution in [0.25, 0.3) is 32.9 Å². The van der Waals surface area contributed by atoms with E-state index < -0.39 is 0 Å². The molecular weight excluding hydrogens is 262 g/mol. The van der Waals surface area contributed by atoms with E-state index in [0.29, 0.717) is 0 Å². The first kappa shape index (κ1) is 11.6. The van der Waals surface area contributed by atoms with Crippen molar-refractivity contribution in [2.24, 2.45) is 0 Å². The van der Waals surface area contributed by atoms with E-state index in [1.165, 1.54) is 21.9 Å². The molecule has 1 nitrogen and oxygen atoms in total. The number of rotatable bonds is 1. The minimum atomic E-state index is 1.03. The highest BCUT2D eigenvalue weighted by molar-refractivity contribution is 7.80. The van der Waals surface area contributed by atoms with Crippen LogP contribution >= 0.6 is 12.6 Å². The van der Waals surface area contributed by atoms with Crippen LogP contribution in [0.3, 0.4) is 0 Å². The van der Waals surface area contributed by atoms with Gasteiger partial charge >= 0.3 is 0 Å². The lowest BCUT2D eigenvalue weighted by Gasteiger charge is -2.07. The first-order valence-corrected chi connectivity index (χ1v) is 7.07. The molecule has 0 unspecified atom stereocenters. The summed E-state index contributed by atoms with van der Waals surface area (Å²) in [5.74, 6) is 0. The van der Waals surface area contributed by atoms with Crippen molar-refractivity contribution in [2.75, 3.05) is 0 Å². The second-order valence-electron chi connectivity index (χ2n) is 4.92. The third kappa shape index (κ3) is 1.65. The molecule has 0 radical (unpaired) electrons. The number of thiol groups is 1. The van der Waals surface area contributed by atoms with Crippen LogP contribution in [-0.2, 0) is 0 Å². The molecule has 0 spiro atoms. The minimum Gasteiger partial charge on any atom is -0.354 e. The third-order valence-electron chi connectivity index (χ3n) is 3.73. The Morgan fingerprint density at radius 3 is 2.30 bits per heavy atom. The summed E-state index contributed by atoms with van der Waals surface area (Å²) in [6, 6.07) is 23.0. The Labute approximate surface area is 122 Å². The van der Waals surface area contributed by atoms with E-state index >= 15 is 0 Å². The Hall–Kier alpha value is -2.19. The zero-order valence-corrected chi connectivity index (χ0v) is 11.7. The van der Waals surface area contributed by atoms with Crippen molar-refractivity contribution in [3.05, 3.63) is 66.7 Å². The molecule has 0 aliphatic heterocycles. The molecule has 0 fully saturated rings. The van der Waals surface area contributed by atoms with Gasteiger partial charge in [0.2, 0.25) is 0 Å². The zero-order chi connectivity index (χ0) is 13.5. The monoisotopic (exact) mass is 275 g/mol. The quantitative estimate of drug-likeness (QED) is 0.440. The number of aromatic amines is 1. The van der Waals surface area contributed by atoms with Gasteiger partial charge in [-0.25, -0.2) is 0 Å². The number of H-pyrrole nitrogens is 1. The Morgan fingerprint density at radius 1 is 0.700 bits per heavy atom. The molecular formula is C18H13NS. The largest absolute Gasteiger partial charge is 0.354 e. The highest BCUT2D eigenvalue weighted by atomic mass is 32.1. The van der Waals surface area contributed by atoms with Crippen molar-refractivity contribution in [1.29, 1.82) is 0 Å². The smallest absolute Gasteiger partial charge is 0.0476 e. The average molecular weight is 275 g/mol. The summed E-state index contributed by atoms with van der Waals surface area (Å²) in [6.07, 6.45) is 0. The van der Waals surface area contributed by atoms with Gasteiger partial charge in [0.05, 0.1) is 0 Å². The van der Waals surface area contributed by atoms with Crippen molar-refractivity contribution < 1.29 is 0 Å². The van der Waals surface area contributed by atoms with Crippen molar-refractivity contribution in [3.63, 3.8) is 0 Å². The summed E-state index contributed by atoms with van der Waals surface area (Å²) >= 11 is 4.80. The molecule has 96 valence electrons. The van der Waals surface area contributed by atoms with Crippen LogP contribution in [0.15, 0.2) is 71.6 Å². The van der Waals surface area contributed by atoms with Crippen LogP contribution in [0, 0.1) is 0 Å². The van der Waals surface area contributed by atoms with Gasteiger partial charge in [-0.1, -0.05) is 54.6 Å². The van der Waals surface area contributed by atoms with E-state index in [0.717, 1.165) is 15.9 Å². The molecule has 1 aromatic heterocycles. The Morgan fingerprint density at radius 2 is 1.45 bits per heavy atom. The summed E-state index contributed by atoms with van der Waals surface area (Å²) in [5, 5.41) is 2.43. The van der Waals surface area contributed by atoms with E-state index in [4.69, 9.17) is 12.6 Å². The molecule has 3 aromatic carbocycles. The maximum absolute atomic E-state index is 4.80. The predicted molar refractivity (Wildman–Crippen MR) is 88.5 cm³/mol.